The lowest BCUT2D eigenvalue weighted by Crippen LogP contribution is -2.48. The van der Waals surface area contributed by atoms with Crippen LogP contribution in [0.4, 0.5) is 0 Å². The fraction of sp³-hybridized carbons (Fsp3) is 0.375. The van der Waals surface area contributed by atoms with Gasteiger partial charge in [0, 0.05) is 55.3 Å². The smallest absolute Gasteiger partial charge is 0.270 e. The van der Waals surface area contributed by atoms with Gasteiger partial charge in [-0.05, 0) is 43.3 Å². The van der Waals surface area contributed by atoms with Crippen LogP contribution in [-0.2, 0) is 6.54 Å². The average Bonchev–Trinajstić information content (AvgIpc) is 3.23. The van der Waals surface area contributed by atoms with Crippen molar-refractivity contribution in [1.82, 2.24) is 14.8 Å². The quantitative estimate of drug-likeness (QED) is 0.630. The zero-order chi connectivity index (χ0) is 21.8. The Bertz CT molecular complexity index is 1050. The van der Waals surface area contributed by atoms with Gasteiger partial charge in [0.05, 0.1) is 20.8 Å². The summed E-state index contributed by atoms with van der Waals surface area (Å²) in [6.45, 7) is 6.31. The number of carbonyl (C=O) groups excluding carboxylic acids is 1. The summed E-state index contributed by atoms with van der Waals surface area (Å²) in [5.74, 6) is 2.50. The van der Waals surface area contributed by atoms with Gasteiger partial charge in [-0.15, -0.1) is 0 Å². The van der Waals surface area contributed by atoms with Gasteiger partial charge in [-0.3, -0.25) is 9.69 Å². The SMILES string of the molecule is CCOc1ccc2cc(C(=O)N3CCN(Cc4cc(OC)ccc4OC)CC3)[nH]c2c1. The minimum atomic E-state index is 0.0350. The Balaban J connectivity index is 1.39. The molecule has 0 unspecified atom stereocenters. The number of carbonyl (C=O) groups is 1. The number of aromatic amines is 1. The molecule has 1 N–H and O–H groups in total. The second-order valence-electron chi connectivity index (χ2n) is 7.61. The number of benzene rings is 2. The molecular formula is C24H29N3O4. The molecule has 0 atom stereocenters. The third-order valence-electron chi connectivity index (χ3n) is 5.68. The lowest BCUT2D eigenvalue weighted by atomic mass is 10.1. The number of nitrogens with zero attached hydrogens (tertiary/aromatic N) is 2. The first-order chi connectivity index (χ1) is 15.1. The van der Waals surface area contributed by atoms with Crippen LogP contribution in [-0.4, -0.2) is 67.7 Å². The first-order valence-corrected chi connectivity index (χ1v) is 10.6. The van der Waals surface area contributed by atoms with Crippen molar-refractivity contribution in [2.45, 2.75) is 13.5 Å². The molecule has 0 bridgehead atoms. The standard InChI is InChI=1S/C24H29N3O4/c1-4-31-20-6-5-17-14-22(25-21(17)15-20)24(28)27-11-9-26(10-12-27)16-18-13-19(29-2)7-8-23(18)30-3/h5-8,13-15,25H,4,9-12,16H2,1-3H3. The van der Waals surface area contributed by atoms with E-state index in [1.54, 1.807) is 14.2 Å². The molecule has 3 aromatic rings. The molecule has 2 aromatic carbocycles. The van der Waals surface area contributed by atoms with Crippen LogP contribution in [0.5, 0.6) is 17.2 Å². The average molecular weight is 424 g/mol. The largest absolute Gasteiger partial charge is 0.497 e. The summed E-state index contributed by atoms with van der Waals surface area (Å²) in [6, 6.07) is 13.6. The van der Waals surface area contributed by atoms with Crippen LogP contribution >= 0.6 is 0 Å². The van der Waals surface area contributed by atoms with Crippen molar-refractivity contribution in [1.29, 1.82) is 0 Å². The highest BCUT2D eigenvalue weighted by Gasteiger charge is 2.24. The minimum Gasteiger partial charge on any atom is -0.497 e. The van der Waals surface area contributed by atoms with E-state index in [1.807, 2.05) is 54.3 Å². The molecule has 0 radical (unpaired) electrons. The molecule has 1 aromatic heterocycles. The van der Waals surface area contributed by atoms with Crippen LogP contribution < -0.4 is 14.2 Å². The van der Waals surface area contributed by atoms with Crippen molar-refractivity contribution < 1.29 is 19.0 Å². The van der Waals surface area contributed by atoms with E-state index in [9.17, 15) is 4.79 Å². The maximum atomic E-state index is 13.0. The van der Waals surface area contributed by atoms with Crippen molar-refractivity contribution in [2.24, 2.45) is 0 Å². The van der Waals surface area contributed by atoms with Crippen LogP contribution in [0, 0.1) is 0 Å². The summed E-state index contributed by atoms with van der Waals surface area (Å²) < 4.78 is 16.4. The number of methoxy groups -OCH3 is 2. The summed E-state index contributed by atoms with van der Waals surface area (Å²) in [7, 11) is 3.34. The number of hydrogen-bond donors (Lipinski definition) is 1. The fourth-order valence-corrected chi connectivity index (χ4v) is 4.00. The maximum absolute atomic E-state index is 13.0. The lowest BCUT2D eigenvalue weighted by molar-refractivity contribution is 0.0622. The van der Waals surface area contributed by atoms with Gasteiger partial charge in [0.25, 0.3) is 5.91 Å². The Labute approximate surface area is 182 Å². The molecule has 1 amide bonds. The Morgan fingerprint density at radius 2 is 1.74 bits per heavy atom. The van der Waals surface area contributed by atoms with Gasteiger partial charge in [0.15, 0.2) is 0 Å². The second-order valence-corrected chi connectivity index (χ2v) is 7.61. The number of aromatic nitrogens is 1. The number of rotatable bonds is 7. The van der Waals surface area contributed by atoms with Crippen molar-refractivity contribution >= 4 is 16.8 Å². The Kier molecular flexibility index (Phi) is 6.32. The third kappa shape index (κ3) is 4.61. The van der Waals surface area contributed by atoms with E-state index in [1.165, 1.54) is 0 Å². The summed E-state index contributed by atoms with van der Waals surface area (Å²) in [5.41, 5.74) is 2.62. The number of piperazine rings is 1. The Morgan fingerprint density at radius 3 is 2.45 bits per heavy atom. The highest BCUT2D eigenvalue weighted by atomic mass is 16.5. The van der Waals surface area contributed by atoms with Crippen LogP contribution in [0.25, 0.3) is 10.9 Å². The number of fused-ring (bicyclic) bond motifs is 1. The Hall–Kier alpha value is -3.19. The lowest BCUT2D eigenvalue weighted by Gasteiger charge is -2.34. The zero-order valence-electron chi connectivity index (χ0n) is 18.3. The number of amides is 1. The summed E-state index contributed by atoms with van der Waals surface area (Å²) in [5, 5.41) is 1.01. The van der Waals surface area contributed by atoms with E-state index in [0.29, 0.717) is 25.4 Å². The van der Waals surface area contributed by atoms with E-state index < -0.39 is 0 Å². The first-order valence-electron chi connectivity index (χ1n) is 10.6. The molecular weight excluding hydrogens is 394 g/mol. The van der Waals surface area contributed by atoms with E-state index >= 15 is 0 Å². The molecule has 164 valence electrons. The number of hydrogen-bond acceptors (Lipinski definition) is 5. The van der Waals surface area contributed by atoms with Crippen LogP contribution in [0.15, 0.2) is 42.5 Å². The summed E-state index contributed by atoms with van der Waals surface area (Å²) >= 11 is 0. The van der Waals surface area contributed by atoms with Crippen molar-refractivity contribution in [3.63, 3.8) is 0 Å². The van der Waals surface area contributed by atoms with Gasteiger partial charge in [0.1, 0.15) is 22.9 Å². The summed E-state index contributed by atoms with van der Waals surface area (Å²) in [4.78, 5) is 20.5. The van der Waals surface area contributed by atoms with Gasteiger partial charge in [-0.2, -0.15) is 0 Å². The molecule has 1 aliphatic heterocycles. The van der Waals surface area contributed by atoms with Crippen molar-refractivity contribution in [3.05, 3.63) is 53.7 Å². The van der Waals surface area contributed by atoms with E-state index in [2.05, 4.69) is 9.88 Å². The topological polar surface area (TPSA) is 67.0 Å². The Morgan fingerprint density at radius 1 is 0.968 bits per heavy atom. The molecule has 7 nitrogen and oxygen atoms in total. The zero-order valence-corrected chi connectivity index (χ0v) is 18.3. The summed E-state index contributed by atoms with van der Waals surface area (Å²) in [6.07, 6.45) is 0. The molecule has 0 saturated carbocycles. The highest BCUT2D eigenvalue weighted by Crippen LogP contribution is 2.26. The maximum Gasteiger partial charge on any atom is 0.270 e. The molecule has 7 heteroatoms. The minimum absolute atomic E-state index is 0.0350. The van der Waals surface area contributed by atoms with Crippen molar-refractivity contribution in [3.8, 4) is 17.2 Å². The molecule has 0 spiro atoms. The molecule has 31 heavy (non-hydrogen) atoms. The van der Waals surface area contributed by atoms with E-state index in [0.717, 1.165) is 53.3 Å². The normalized spacial score (nSPS) is 14.6. The van der Waals surface area contributed by atoms with Gasteiger partial charge < -0.3 is 24.1 Å². The van der Waals surface area contributed by atoms with Gasteiger partial charge >= 0.3 is 0 Å². The van der Waals surface area contributed by atoms with Gasteiger partial charge in [0.2, 0.25) is 0 Å². The third-order valence-corrected chi connectivity index (χ3v) is 5.68. The molecule has 4 rings (SSSR count). The van der Waals surface area contributed by atoms with Crippen LogP contribution in [0.1, 0.15) is 23.0 Å². The molecule has 1 saturated heterocycles. The van der Waals surface area contributed by atoms with Gasteiger partial charge in [-0.25, -0.2) is 0 Å². The van der Waals surface area contributed by atoms with E-state index in [-0.39, 0.29) is 5.91 Å². The molecule has 1 fully saturated rings. The van der Waals surface area contributed by atoms with Crippen LogP contribution in [0.2, 0.25) is 0 Å². The monoisotopic (exact) mass is 423 g/mol. The molecule has 1 aliphatic rings. The predicted octanol–water partition coefficient (Wildman–Crippen LogP) is 3.54. The fourth-order valence-electron chi connectivity index (χ4n) is 4.00. The van der Waals surface area contributed by atoms with Crippen LogP contribution in [0.3, 0.4) is 0 Å². The van der Waals surface area contributed by atoms with Gasteiger partial charge in [-0.1, -0.05) is 0 Å². The molecule has 2 heterocycles. The second kappa shape index (κ2) is 9.31. The van der Waals surface area contributed by atoms with Crippen molar-refractivity contribution in [2.75, 3.05) is 47.0 Å². The highest BCUT2D eigenvalue weighted by molar-refractivity contribution is 5.98. The van der Waals surface area contributed by atoms with E-state index in [4.69, 9.17) is 14.2 Å². The predicted molar refractivity (Wildman–Crippen MR) is 120 cm³/mol. The number of ether oxygens (including phenoxy) is 3. The molecule has 0 aliphatic carbocycles. The number of H-pyrrole nitrogens is 1. The first kappa shape index (κ1) is 21.1. The number of nitrogens with one attached hydrogen (secondary N) is 1.